The highest BCUT2D eigenvalue weighted by atomic mass is 16.5. The summed E-state index contributed by atoms with van der Waals surface area (Å²) in [6, 6.07) is -0.612. The summed E-state index contributed by atoms with van der Waals surface area (Å²) in [4.78, 5) is 25.5. The molecule has 0 aliphatic heterocycles. The van der Waals surface area contributed by atoms with Crippen LogP contribution in [0.25, 0.3) is 0 Å². The lowest BCUT2D eigenvalue weighted by molar-refractivity contribution is -0.146. The van der Waals surface area contributed by atoms with Crippen LogP contribution in [-0.2, 0) is 14.3 Å². The van der Waals surface area contributed by atoms with Crippen LogP contribution in [0, 0.1) is 0 Å². The van der Waals surface area contributed by atoms with Crippen molar-refractivity contribution in [2.75, 3.05) is 6.61 Å². The van der Waals surface area contributed by atoms with E-state index in [1.54, 1.807) is 6.08 Å². The van der Waals surface area contributed by atoms with Crippen LogP contribution in [0.2, 0.25) is 0 Å². The number of hydrogen-bond donors (Lipinski definition) is 2. The topological polar surface area (TPSA) is 75.6 Å². The van der Waals surface area contributed by atoms with E-state index in [0.717, 1.165) is 38.5 Å². The van der Waals surface area contributed by atoms with E-state index in [9.17, 15) is 14.7 Å². The minimum absolute atomic E-state index is 0.0193. The second-order valence-electron chi connectivity index (χ2n) is 17.1. The summed E-state index contributed by atoms with van der Waals surface area (Å²) in [5.74, 6) is -0.284. The maximum Gasteiger partial charge on any atom is 0.305 e. The molecular weight excluding hydrogens is 679 g/mol. The number of rotatable bonds is 45. The van der Waals surface area contributed by atoms with Gasteiger partial charge in [0.15, 0.2) is 0 Å². The van der Waals surface area contributed by atoms with E-state index in [-0.39, 0.29) is 18.5 Å². The van der Waals surface area contributed by atoms with E-state index in [4.69, 9.17) is 4.74 Å². The molecule has 326 valence electrons. The first-order chi connectivity index (χ1) is 27.0. The number of ether oxygens (including phenoxy) is 1. The number of allylic oxidation sites excluding steroid dienone is 1. The highest BCUT2D eigenvalue weighted by Gasteiger charge is 2.21. The average molecular weight is 776 g/mol. The van der Waals surface area contributed by atoms with Gasteiger partial charge in [0.1, 0.15) is 6.61 Å². The fraction of sp³-hybridized carbons (Fsp3) is 0.920. The summed E-state index contributed by atoms with van der Waals surface area (Å²) in [6.07, 6.45) is 52.4. The van der Waals surface area contributed by atoms with E-state index in [2.05, 4.69) is 26.1 Å². The number of carbonyl (C=O) groups is 2. The normalized spacial score (nSPS) is 12.7. The Kier molecular flexibility index (Phi) is 44.2. The third-order valence-electron chi connectivity index (χ3n) is 11.5. The Balaban J connectivity index is 4.38. The van der Waals surface area contributed by atoms with Gasteiger partial charge in [-0.25, -0.2) is 0 Å². The van der Waals surface area contributed by atoms with Crippen molar-refractivity contribution < 1.29 is 19.4 Å². The Morgan fingerprint density at radius 1 is 0.455 bits per heavy atom. The van der Waals surface area contributed by atoms with Crippen molar-refractivity contribution in [2.24, 2.45) is 0 Å². The van der Waals surface area contributed by atoms with Crippen molar-refractivity contribution in [2.45, 2.75) is 290 Å². The van der Waals surface area contributed by atoms with E-state index >= 15 is 0 Å². The quantitative estimate of drug-likeness (QED) is 0.0367. The van der Waals surface area contributed by atoms with Gasteiger partial charge < -0.3 is 15.2 Å². The standard InChI is InChI=1S/C50H97NO4/c1-4-7-10-13-16-19-22-24-25-27-30-32-35-38-41-44-49(53)51-47(46-55-50(54)45-42-39-36-33-28-21-18-15-12-9-6-3)48(52)43-40-37-34-31-29-26-23-20-17-14-11-8-5-2/h40,43,47-48,52H,4-39,41-42,44-46H2,1-3H3,(H,51,53)/b43-40+/t47-,48+/m0/s1. The van der Waals surface area contributed by atoms with Gasteiger partial charge in [0.05, 0.1) is 12.1 Å². The second-order valence-corrected chi connectivity index (χ2v) is 17.1. The molecule has 0 fully saturated rings. The Labute approximate surface area is 344 Å². The van der Waals surface area contributed by atoms with Crippen LogP contribution in [0.5, 0.6) is 0 Å². The Hall–Kier alpha value is -1.36. The zero-order valence-corrected chi connectivity index (χ0v) is 37.5. The van der Waals surface area contributed by atoms with Gasteiger partial charge in [0.2, 0.25) is 5.91 Å². The molecule has 0 unspecified atom stereocenters. The predicted molar refractivity (Wildman–Crippen MR) is 240 cm³/mol. The van der Waals surface area contributed by atoms with Gasteiger partial charge >= 0.3 is 5.97 Å². The number of unbranched alkanes of at least 4 members (excludes halogenated alkanes) is 35. The smallest absolute Gasteiger partial charge is 0.305 e. The first-order valence-corrected chi connectivity index (χ1v) is 24.8. The number of hydrogen-bond acceptors (Lipinski definition) is 4. The molecule has 2 atom stereocenters. The summed E-state index contributed by atoms with van der Waals surface area (Å²) < 4.78 is 5.62. The van der Waals surface area contributed by atoms with Crippen molar-refractivity contribution in [3.63, 3.8) is 0 Å². The van der Waals surface area contributed by atoms with Crippen LogP contribution in [0.1, 0.15) is 278 Å². The van der Waals surface area contributed by atoms with Crippen molar-refractivity contribution in [3.8, 4) is 0 Å². The Morgan fingerprint density at radius 2 is 0.764 bits per heavy atom. The largest absolute Gasteiger partial charge is 0.463 e. The number of nitrogens with one attached hydrogen (secondary N) is 1. The molecule has 0 bridgehead atoms. The monoisotopic (exact) mass is 776 g/mol. The molecule has 0 saturated carbocycles. The lowest BCUT2D eigenvalue weighted by atomic mass is 10.0. The summed E-state index contributed by atoms with van der Waals surface area (Å²) in [6.45, 7) is 6.83. The molecule has 0 aromatic rings. The lowest BCUT2D eigenvalue weighted by Crippen LogP contribution is -2.46. The minimum atomic E-state index is -0.868. The van der Waals surface area contributed by atoms with Gasteiger partial charge in [-0.3, -0.25) is 9.59 Å². The molecule has 0 radical (unpaired) electrons. The van der Waals surface area contributed by atoms with Crippen molar-refractivity contribution in [1.29, 1.82) is 0 Å². The van der Waals surface area contributed by atoms with Gasteiger partial charge in [-0.1, -0.05) is 251 Å². The van der Waals surface area contributed by atoms with E-state index in [1.165, 1.54) is 205 Å². The van der Waals surface area contributed by atoms with E-state index in [1.807, 2.05) is 6.08 Å². The number of aliphatic hydroxyl groups excluding tert-OH is 1. The molecule has 0 aliphatic rings. The van der Waals surface area contributed by atoms with Gasteiger partial charge in [-0.15, -0.1) is 0 Å². The fourth-order valence-electron chi connectivity index (χ4n) is 7.65. The Bertz CT molecular complexity index is 814. The van der Waals surface area contributed by atoms with Crippen molar-refractivity contribution in [3.05, 3.63) is 12.2 Å². The molecule has 0 aromatic heterocycles. The van der Waals surface area contributed by atoms with Crippen LogP contribution in [0.3, 0.4) is 0 Å². The summed E-state index contributed by atoms with van der Waals surface area (Å²) in [5, 5.41) is 14.0. The van der Waals surface area contributed by atoms with Crippen LogP contribution in [-0.4, -0.2) is 35.7 Å². The zero-order chi connectivity index (χ0) is 40.1. The molecule has 0 aliphatic carbocycles. The van der Waals surface area contributed by atoms with E-state index < -0.39 is 12.1 Å². The van der Waals surface area contributed by atoms with Gasteiger partial charge in [0.25, 0.3) is 0 Å². The molecule has 5 nitrogen and oxygen atoms in total. The van der Waals surface area contributed by atoms with Gasteiger partial charge in [-0.05, 0) is 25.7 Å². The van der Waals surface area contributed by atoms with Crippen LogP contribution >= 0.6 is 0 Å². The summed E-state index contributed by atoms with van der Waals surface area (Å²) >= 11 is 0. The molecule has 0 aromatic carbocycles. The summed E-state index contributed by atoms with van der Waals surface area (Å²) in [7, 11) is 0. The molecule has 0 rings (SSSR count). The first kappa shape index (κ1) is 53.6. The first-order valence-electron chi connectivity index (χ1n) is 24.8. The zero-order valence-electron chi connectivity index (χ0n) is 37.5. The number of carbonyl (C=O) groups excluding carboxylic acids is 2. The Morgan fingerprint density at radius 3 is 1.13 bits per heavy atom. The van der Waals surface area contributed by atoms with Gasteiger partial charge in [-0.2, -0.15) is 0 Å². The second kappa shape index (κ2) is 45.3. The predicted octanol–water partition coefficient (Wildman–Crippen LogP) is 15.6. The minimum Gasteiger partial charge on any atom is -0.463 e. The maximum atomic E-state index is 12.9. The van der Waals surface area contributed by atoms with Crippen LogP contribution in [0.15, 0.2) is 12.2 Å². The molecule has 0 spiro atoms. The molecule has 1 amide bonds. The maximum absolute atomic E-state index is 12.9. The van der Waals surface area contributed by atoms with Crippen molar-refractivity contribution >= 4 is 11.9 Å². The lowest BCUT2D eigenvalue weighted by Gasteiger charge is -2.22. The number of aliphatic hydroxyl groups is 1. The third-order valence-corrected chi connectivity index (χ3v) is 11.5. The number of amides is 1. The molecule has 0 heterocycles. The molecule has 2 N–H and O–H groups in total. The SMILES string of the molecule is CCCCCCCCCCCCC/C=C/[C@@H](O)[C@H](COC(=O)CCCCCCCCCCCCC)NC(=O)CCCCCCCCCCCCCCCCC. The van der Waals surface area contributed by atoms with Gasteiger partial charge in [0, 0.05) is 12.8 Å². The van der Waals surface area contributed by atoms with Crippen LogP contribution < -0.4 is 5.32 Å². The molecule has 55 heavy (non-hydrogen) atoms. The number of esters is 1. The van der Waals surface area contributed by atoms with Crippen molar-refractivity contribution in [1.82, 2.24) is 5.32 Å². The third kappa shape index (κ3) is 42.1. The fourth-order valence-corrected chi connectivity index (χ4v) is 7.65. The highest BCUT2D eigenvalue weighted by molar-refractivity contribution is 5.76. The summed E-state index contributed by atoms with van der Waals surface area (Å²) in [5.41, 5.74) is 0. The molecule has 0 saturated heterocycles. The average Bonchev–Trinajstić information content (AvgIpc) is 3.18. The molecule has 5 heteroatoms. The highest BCUT2D eigenvalue weighted by Crippen LogP contribution is 2.16. The van der Waals surface area contributed by atoms with Crippen LogP contribution in [0.4, 0.5) is 0 Å². The molecular formula is C50H97NO4. The van der Waals surface area contributed by atoms with E-state index in [0.29, 0.717) is 12.8 Å².